The van der Waals surface area contributed by atoms with Crippen LogP contribution in [0.3, 0.4) is 0 Å². The third-order valence-electron chi connectivity index (χ3n) is 4.05. The quantitative estimate of drug-likeness (QED) is 0.736. The molecular formula is C21H27N. The lowest BCUT2D eigenvalue weighted by Crippen LogP contribution is -2.32. The first-order valence-electron chi connectivity index (χ1n) is 8.07. The van der Waals surface area contributed by atoms with Crippen molar-refractivity contribution < 1.29 is 0 Å². The largest absolute Gasteiger partial charge is 0.340 e. The van der Waals surface area contributed by atoms with Gasteiger partial charge >= 0.3 is 0 Å². The molecule has 0 spiro atoms. The van der Waals surface area contributed by atoms with Crippen molar-refractivity contribution in [2.24, 2.45) is 5.92 Å². The van der Waals surface area contributed by atoms with Crippen LogP contribution in [0.25, 0.3) is 22.6 Å². The molecule has 0 aliphatic heterocycles. The van der Waals surface area contributed by atoms with Crippen molar-refractivity contribution in [3.8, 4) is 0 Å². The number of hydrogen-bond donors (Lipinski definition) is 0. The van der Waals surface area contributed by atoms with Crippen molar-refractivity contribution in [1.29, 1.82) is 0 Å². The summed E-state index contributed by atoms with van der Waals surface area (Å²) < 4.78 is 2.46. The van der Waals surface area contributed by atoms with Crippen molar-refractivity contribution in [3.63, 3.8) is 0 Å². The van der Waals surface area contributed by atoms with Gasteiger partial charge in [-0.05, 0) is 43.9 Å². The van der Waals surface area contributed by atoms with Crippen molar-refractivity contribution in [3.05, 3.63) is 59.1 Å². The summed E-state index contributed by atoms with van der Waals surface area (Å²) in [4.78, 5) is 0. The van der Waals surface area contributed by atoms with E-state index in [0.29, 0.717) is 5.92 Å². The Morgan fingerprint density at radius 3 is 2.50 bits per heavy atom. The molecule has 0 unspecified atom stereocenters. The van der Waals surface area contributed by atoms with E-state index in [2.05, 4.69) is 81.3 Å². The average Bonchev–Trinajstić information content (AvgIpc) is 2.80. The summed E-state index contributed by atoms with van der Waals surface area (Å²) in [6.45, 7) is 16.1. The third-order valence-corrected chi connectivity index (χ3v) is 4.05. The summed E-state index contributed by atoms with van der Waals surface area (Å²) >= 11 is 0. The summed E-state index contributed by atoms with van der Waals surface area (Å²) in [5, 5.41) is 3.95. The first-order chi connectivity index (χ1) is 10.5. The fraction of sp³-hybridized carbons (Fsp3) is 0.333. The molecule has 0 saturated heterocycles. The molecule has 0 radical (unpaired) electrons. The van der Waals surface area contributed by atoms with Crippen LogP contribution >= 0.6 is 0 Å². The lowest BCUT2D eigenvalue weighted by atomic mass is 10.1. The molecule has 1 aromatic carbocycles. The Labute approximate surface area is 134 Å². The Morgan fingerprint density at radius 1 is 1.23 bits per heavy atom. The van der Waals surface area contributed by atoms with Gasteiger partial charge in [0, 0.05) is 22.7 Å². The van der Waals surface area contributed by atoms with Gasteiger partial charge in [0.1, 0.15) is 0 Å². The second-order valence-corrected chi connectivity index (χ2v) is 6.22. The molecule has 0 N–H and O–H groups in total. The number of para-hydroxylation sites is 1. The van der Waals surface area contributed by atoms with Gasteiger partial charge in [-0.3, -0.25) is 0 Å². The zero-order chi connectivity index (χ0) is 16.3. The second kappa shape index (κ2) is 6.83. The van der Waals surface area contributed by atoms with E-state index < -0.39 is 0 Å². The molecule has 0 fully saturated rings. The number of rotatable bonds is 4. The zero-order valence-electron chi connectivity index (χ0n) is 14.5. The summed E-state index contributed by atoms with van der Waals surface area (Å²) in [7, 11) is 0. The summed E-state index contributed by atoms with van der Waals surface area (Å²) in [5.41, 5.74) is 3.65. The number of allylic oxidation sites excluding steroid dienone is 3. The van der Waals surface area contributed by atoms with Crippen LogP contribution in [0.2, 0.25) is 0 Å². The Morgan fingerprint density at radius 2 is 1.91 bits per heavy atom. The number of fused-ring (bicyclic) bond motifs is 1. The van der Waals surface area contributed by atoms with Crippen LogP contribution in [-0.2, 0) is 6.54 Å². The minimum Gasteiger partial charge on any atom is -0.340 e. The molecule has 116 valence electrons. The number of aromatic nitrogens is 1. The van der Waals surface area contributed by atoms with E-state index in [9.17, 15) is 0 Å². The molecule has 1 nitrogen and oxygen atoms in total. The topological polar surface area (TPSA) is 4.93 Å². The highest BCUT2D eigenvalue weighted by atomic mass is 15.0. The molecule has 1 heterocycles. The lowest BCUT2D eigenvalue weighted by Gasteiger charge is -2.11. The predicted octanol–water partition coefficient (Wildman–Crippen LogP) is 4.40. The first kappa shape index (κ1) is 16.4. The first-order valence-corrected chi connectivity index (χ1v) is 8.07. The minimum absolute atomic E-state index is 0.599. The summed E-state index contributed by atoms with van der Waals surface area (Å²) in [6.07, 6.45) is 6.36. The fourth-order valence-corrected chi connectivity index (χ4v) is 3.06. The Kier molecular flexibility index (Phi) is 5.07. The van der Waals surface area contributed by atoms with Crippen LogP contribution in [0.4, 0.5) is 0 Å². The monoisotopic (exact) mass is 293 g/mol. The normalized spacial score (nSPS) is 14.4. The van der Waals surface area contributed by atoms with E-state index in [1.165, 1.54) is 27.0 Å². The fourth-order valence-electron chi connectivity index (χ4n) is 3.06. The molecular weight excluding hydrogens is 266 g/mol. The maximum absolute atomic E-state index is 4.24. The van der Waals surface area contributed by atoms with Gasteiger partial charge in [-0.15, -0.1) is 0 Å². The Bertz CT molecular complexity index is 829. The smallest absolute Gasteiger partial charge is 0.0523 e. The lowest BCUT2D eigenvalue weighted by molar-refractivity contribution is 0.526. The molecule has 2 aromatic rings. The molecule has 0 aliphatic rings. The van der Waals surface area contributed by atoms with Crippen molar-refractivity contribution >= 4 is 22.6 Å². The van der Waals surface area contributed by atoms with Gasteiger partial charge in [0.2, 0.25) is 0 Å². The molecule has 22 heavy (non-hydrogen) atoms. The van der Waals surface area contributed by atoms with Gasteiger partial charge in [-0.1, -0.05) is 56.9 Å². The van der Waals surface area contributed by atoms with Crippen LogP contribution in [0.1, 0.15) is 34.6 Å². The van der Waals surface area contributed by atoms with Gasteiger partial charge in [-0.2, -0.15) is 0 Å². The molecule has 0 aliphatic carbocycles. The van der Waals surface area contributed by atoms with Gasteiger partial charge in [0.25, 0.3) is 0 Å². The van der Waals surface area contributed by atoms with Crippen molar-refractivity contribution in [2.75, 3.05) is 0 Å². The third kappa shape index (κ3) is 2.94. The van der Waals surface area contributed by atoms with Crippen LogP contribution in [-0.4, -0.2) is 4.57 Å². The number of hydrogen-bond acceptors (Lipinski definition) is 0. The predicted molar refractivity (Wildman–Crippen MR) is 99.2 cm³/mol. The SMILES string of the molecule is C=C(C=CC)C(C)=c1c(=CC)c2ccccc2n1CC(C)C. The van der Waals surface area contributed by atoms with E-state index in [-0.39, 0.29) is 0 Å². The summed E-state index contributed by atoms with van der Waals surface area (Å²) in [6, 6.07) is 8.68. The maximum atomic E-state index is 4.24. The van der Waals surface area contributed by atoms with Crippen molar-refractivity contribution in [1.82, 2.24) is 4.57 Å². The molecule has 2 rings (SSSR count). The van der Waals surface area contributed by atoms with E-state index >= 15 is 0 Å². The Balaban J connectivity index is 2.99. The van der Waals surface area contributed by atoms with Crippen LogP contribution in [0.15, 0.2) is 48.6 Å². The van der Waals surface area contributed by atoms with E-state index in [4.69, 9.17) is 0 Å². The van der Waals surface area contributed by atoms with Crippen molar-refractivity contribution in [2.45, 2.75) is 41.2 Å². The van der Waals surface area contributed by atoms with Gasteiger partial charge in [0.05, 0.1) is 5.35 Å². The maximum Gasteiger partial charge on any atom is 0.0523 e. The Hall–Kier alpha value is -2.02. The summed E-state index contributed by atoms with van der Waals surface area (Å²) in [5.74, 6) is 0.599. The van der Waals surface area contributed by atoms with Crippen LogP contribution in [0, 0.1) is 5.92 Å². The van der Waals surface area contributed by atoms with E-state index in [0.717, 1.165) is 12.1 Å². The molecule has 1 aromatic heterocycles. The molecule has 1 heteroatoms. The van der Waals surface area contributed by atoms with Crippen LogP contribution < -0.4 is 10.6 Å². The van der Waals surface area contributed by atoms with Gasteiger partial charge < -0.3 is 4.57 Å². The molecule has 0 atom stereocenters. The molecule has 0 bridgehead atoms. The second-order valence-electron chi connectivity index (χ2n) is 6.22. The average molecular weight is 293 g/mol. The minimum atomic E-state index is 0.599. The highest BCUT2D eigenvalue weighted by Gasteiger charge is 2.10. The highest BCUT2D eigenvalue weighted by Crippen LogP contribution is 2.14. The number of nitrogens with zero attached hydrogens (tertiary/aromatic N) is 1. The van der Waals surface area contributed by atoms with Gasteiger partial charge in [-0.25, -0.2) is 0 Å². The molecule has 0 amide bonds. The van der Waals surface area contributed by atoms with E-state index in [1.54, 1.807) is 0 Å². The van der Waals surface area contributed by atoms with Crippen LogP contribution in [0.5, 0.6) is 0 Å². The standard InChI is InChI=1S/C21H27N/c1-7-11-16(5)17(6)21-18(8-2)19-12-9-10-13-20(19)22(21)14-15(3)4/h7-13,15H,5,14H2,1-4,6H3. The molecule has 0 saturated carbocycles. The van der Waals surface area contributed by atoms with Gasteiger partial charge in [0.15, 0.2) is 0 Å². The van der Waals surface area contributed by atoms with E-state index in [1.807, 2.05) is 6.92 Å². The highest BCUT2D eigenvalue weighted by molar-refractivity contribution is 5.83. The number of benzene rings is 1. The zero-order valence-corrected chi connectivity index (χ0v) is 14.5.